The monoisotopic (exact) mass is 208 g/mol. The molecule has 82 valence electrons. The Labute approximate surface area is 89.1 Å². The molecule has 2 unspecified atom stereocenters. The lowest BCUT2D eigenvalue weighted by Gasteiger charge is -2.16. The second-order valence-electron chi connectivity index (χ2n) is 3.86. The lowest BCUT2D eigenvalue weighted by molar-refractivity contribution is -0.142. The summed E-state index contributed by atoms with van der Waals surface area (Å²) in [6, 6.07) is 3.69. The Bertz CT molecular complexity index is 352. The number of aromatic nitrogens is 1. The van der Waals surface area contributed by atoms with Crippen LogP contribution >= 0.6 is 0 Å². The Morgan fingerprint density at radius 2 is 2.27 bits per heavy atom. The molecule has 0 aliphatic rings. The standard InChI is InChI=1S/C11H16N2O2/c1-7(8(2)11(14)15)6-9-4-3-5-13-10(9)12/h3-5,7-8H,6H2,1-2H3,(H2,12,13)(H,14,15). The van der Waals surface area contributed by atoms with Gasteiger partial charge in [-0.25, -0.2) is 4.98 Å². The van der Waals surface area contributed by atoms with Crippen LogP contribution in [0, 0.1) is 11.8 Å². The van der Waals surface area contributed by atoms with E-state index >= 15 is 0 Å². The molecule has 0 saturated carbocycles. The van der Waals surface area contributed by atoms with Crippen LogP contribution in [-0.2, 0) is 11.2 Å². The van der Waals surface area contributed by atoms with Crippen LogP contribution in [0.1, 0.15) is 19.4 Å². The van der Waals surface area contributed by atoms with Crippen molar-refractivity contribution in [2.24, 2.45) is 11.8 Å². The molecular weight excluding hydrogens is 192 g/mol. The number of carboxylic acids is 1. The third kappa shape index (κ3) is 2.94. The molecule has 0 saturated heterocycles. The van der Waals surface area contributed by atoms with Crippen LogP contribution in [0.4, 0.5) is 5.82 Å². The summed E-state index contributed by atoms with van der Waals surface area (Å²) in [6.45, 7) is 3.62. The van der Waals surface area contributed by atoms with Gasteiger partial charge >= 0.3 is 5.97 Å². The molecule has 1 aromatic heterocycles. The average molecular weight is 208 g/mol. The largest absolute Gasteiger partial charge is 0.481 e. The highest BCUT2D eigenvalue weighted by Crippen LogP contribution is 2.19. The molecule has 0 spiro atoms. The summed E-state index contributed by atoms with van der Waals surface area (Å²) in [5.41, 5.74) is 6.60. The van der Waals surface area contributed by atoms with Crippen molar-refractivity contribution in [3.63, 3.8) is 0 Å². The second-order valence-corrected chi connectivity index (χ2v) is 3.86. The summed E-state index contributed by atoms with van der Waals surface area (Å²) in [7, 11) is 0. The van der Waals surface area contributed by atoms with Crippen molar-refractivity contribution in [1.29, 1.82) is 0 Å². The lowest BCUT2D eigenvalue weighted by atomic mass is 9.90. The predicted molar refractivity (Wildman–Crippen MR) is 58.3 cm³/mol. The van der Waals surface area contributed by atoms with Crippen molar-refractivity contribution in [2.75, 3.05) is 5.73 Å². The van der Waals surface area contributed by atoms with E-state index < -0.39 is 5.97 Å². The van der Waals surface area contributed by atoms with Crippen molar-refractivity contribution in [3.8, 4) is 0 Å². The van der Waals surface area contributed by atoms with Crippen molar-refractivity contribution in [2.45, 2.75) is 20.3 Å². The molecular formula is C11H16N2O2. The van der Waals surface area contributed by atoms with Gasteiger partial charge in [-0.3, -0.25) is 4.79 Å². The van der Waals surface area contributed by atoms with E-state index in [2.05, 4.69) is 4.98 Å². The quantitative estimate of drug-likeness (QED) is 0.787. The smallest absolute Gasteiger partial charge is 0.306 e. The topological polar surface area (TPSA) is 76.2 Å². The van der Waals surface area contributed by atoms with E-state index in [0.717, 1.165) is 5.56 Å². The summed E-state index contributed by atoms with van der Waals surface area (Å²) in [4.78, 5) is 14.7. The van der Waals surface area contributed by atoms with Gasteiger partial charge < -0.3 is 10.8 Å². The maximum atomic E-state index is 10.8. The number of hydrogen-bond donors (Lipinski definition) is 2. The molecule has 0 aliphatic heterocycles. The summed E-state index contributed by atoms with van der Waals surface area (Å²) in [5, 5.41) is 8.85. The van der Waals surface area contributed by atoms with Crippen LogP contribution in [0.25, 0.3) is 0 Å². The van der Waals surface area contributed by atoms with Crippen LogP contribution in [0.2, 0.25) is 0 Å². The number of aliphatic carboxylic acids is 1. The zero-order valence-corrected chi connectivity index (χ0v) is 8.97. The normalized spacial score (nSPS) is 14.5. The highest BCUT2D eigenvalue weighted by molar-refractivity contribution is 5.69. The van der Waals surface area contributed by atoms with E-state index in [9.17, 15) is 4.79 Å². The number of hydrogen-bond acceptors (Lipinski definition) is 3. The minimum absolute atomic E-state index is 0.0500. The zero-order valence-electron chi connectivity index (χ0n) is 8.97. The van der Waals surface area contributed by atoms with E-state index in [1.165, 1.54) is 0 Å². The Hall–Kier alpha value is -1.58. The third-order valence-electron chi connectivity index (χ3n) is 2.71. The summed E-state index contributed by atoms with van der Waals surface area (Å²) >= 11 is 0. The maximum Gasteiger partial charge on any atom is 0.306 e. The second kappa shape index (κ2) is 4.77. The number of rotatable bonds is 4. The molecule has 0 aliphatic carbocycles. The van der Waals surface area contributed by atoms with Crippen LogP contribution in [-0.4, -0.2) is 16.1 Å². The molecule has 1 rings (SSSR count). The molecule has 3 N–H and O–H groups in total. The molecule has 0 aromatic carbocycles. The molecule has 0 radical (unpaired) electrons. The minimum Gasteiger partial charge on any atom is -0.481 e. The number of carboxylic acid groups (broad SMARTS) is 1. The number of anilines is 1. The highest BCUT2D eigenvalue weighted by atomic mass is 16.4. The Balaban J connectivity index is 2.70. The van der Waals surface area contributed by atoms with Gasteiger partial charge in [0.25, 0.3) is 0 Å². The minimum atomic E-state index is -0.773. The van der Waals surface area contributed by atoms with E-state index in [1.807, 2.05) is 19.1 Å². The molecule has 1 aromatic rings. The van der Waals surface area contributed by atoms with Gasteiger partial charge in [-0.1, -0.05) is 19.9 Å². The van der Waals surface area contributed by atoms with E-state index in [-0.39, 0.29) is 11.8 Å². The van der Waals surface area contributed by atoms with Gasteiger partial charge in [0, 0.05) is 6.20 Å². The summed E-state index contributed by atoms with van der Waals surface area (Å²) < 4.78 is 0. The fourth-order valence-electron chi connectivity index (χ4n) is 1.39. The van der Waals surface area contributed by atoms with E-state index in [4.69, 9.17) is 10.8 Å². The predicted octanol–water partition coefficient (Wildman–Crippen LogP) is 1.56. The molecule has 0 bridgehead atoms. The van der Waals surface area contributed by atoms with Gasteiger partial charge in [0.1, 0.15) is 5.82 Å². The number of carbonyl (C=O) groups is 1. The summed E-state index contributed by atoms with van der Waals surface area (Å²) in [5.74, 6) is -0.606. The number of nitrogen functional groups attached to an aromatic ring is 1. The molecule has 2 atom stereocenters. The van der Waals surface area contributed by atoms with Crippen molar-refractivity contribution in [1.82, 2.24) is 4.98 Å². The molecule has 0 amide bonds. The lowest BCUT2D eigenvalue weighted by Crippen LogP contribution is -2.20. The molecule has 1 heterocycles. The average Bonchev–Trinajstić information content (AvgIpc) is 2.20. The fourth-order valence-corrected chi connectivity index (χ4v) is 1.39. The molecule has 0 fully saturated rings. The molecule has 15 heavy (non-hydrogen) atoms. The van der Waals surface area contributed by atoms with Gasteiger partial charge in [0.05, 0.1) is 5.92 Å². The molecule has 4 nitrogen and oxygen atoms in total. The Morgan fingerprint density at radius 3 is 2.80 bits per heavy atom. The van der Waals surface area contributed by atoms with Gasteiger partial charge in [0.15, 0.2) is 0 Å². The first-order valence-electron chi connectivity index (χ1n) is 4.94. The number of pyridine rings is 1. The highest BCUT2D eigenvalue weighted by Gasteiger charge is 2.20. The van der Waals surface area contributed by atoms with Crippen LogP contribution in [0.15, 0.2) is 18.3 Å². The van der Waals surface area contributed by atoms with Crippen molar-refractivity contribution in [3.05, 3.63) is 23.9 Å². The van der Waals surface area contributed by atoms with Crippen molar-refractivity contribution < 1.29 is 9.90 Å². The Kier molecular flexibility index (Phi) is 3.66. The first-order valence-corrected chi connectivity index (χ1v) is 4.94. The maximum absolute atomic E-state index is 10.8. The molecule has 4 heteroatoms. The first-order chi connectivity index (χ1) is 7.02. The fraction of sp³-hybridized carbons (Fsp3) is 0.455. The van der Waals surface area contributed by atoms with Crippen LogP contribution in [0.3, 0.4) is 0 Å². The Morgan fingerprint density at radius 1 is 1.60 bits per heavy atom. The van der Waals surface area contributed by atoms with E-state index in [1.54, 1.807) is 13.1 Å². The van der Waals surface area contributed by atoms with Crippen LogP contribution < -0.4 is 5.73 Å². The van der Waals surface area contributed by atoms with Gasteiger partial charge in [0.2, 0.25) is 0 Å². The van der Waals surface area contributed by atoms with Gasteiger partial charge in [-0.2, -0.15) is 0 Å². The van der Waals surface area contributed by atoms with Crippen molar-refractivity contribution >= 4 is 11.8 Å². The van der Waals surface area contributed by atoms with Crippen LogP contribution in [0.5, 0.6) is 0 Å². The first kappa shape index (κ1) is 11.5. The third-order valence-corrected chi connectivity index (χ3v) is 2.71. The van der Waals surface area contributed by atoms with Gasteiger partial charge in [-0.05, 0) is 24.0 Å². The van der Waals surface area contributed by atoms with E-state index in [0.29, 0.717) is 12.2 Å². The van der Waals surface area contributed by atoms with Gasteiger partial charge in [-0.15, -0.1) is 0 Å². The SMILES string of the molecule is CC(Cc1cccnc1N)C(C)C(=O)O. The summed E-state index contributed by atoms with van der Waals surface area (Å²) in [6.07, 6.45) is 2.28. The number of nitrogens with two attached hydrogens (primary N) is 1. The number of nitrogens with zero attached hydrogens (tertiary/aromatic N) is 1. The zero-order chi connectivity index (χ0) is 11.4.